The molecule has 0 unspecified atom stereocenters. The molecule has 0 spiro atoms. The fourth-order valence-corrected chi connectivity index (χ4v) is 3.78. The van der Waals surface area contributed by atoms with Gasteiger partial charge in [0.25, 0.3) is 0 Å². The van der Waals surface area contributed by atoms with Gasteiger partial charge in [-0.2, -0.15) is 5.26 Å². The van der Waals surface area contributed by atoms with E-state index in [9.17, 15) is 14.4 Å². The Morgan fingerprint density at radius 2 is 2.00 bits per heavy atom. The minimum Gasteiger partial charge on any atom is -0.488 e. The Labute approximate surface area is 168 Å². The van der Waals surface area contributed by atoms with Crippen molar-refractivity contribution in [3.8, 4) is 22.9 Å². The molecule has 0 bridgehead atoms. The quantitative estimate of drug-likeness (QED) is 0.829. The maximum absolute atomic E-state index is 13.4. The van der Waals surface area contributed by atoms with E-state index in [1.54, 1.807) is 6.07 Å². The number of benzene rings is 2. The SMILES string of the molecule is N#C[C@@H](Cc1ccc2c(c1)COc1cc(F)ccc1-2)NC(=O)C1(N)CCOCC1. The zero-order chi connectivity index (χ0) is 20.4. The molecule has 1 amide bonds. The lowest BCUT2D eigenvalue weighted by atomic mass is 9.89. The highest BCUT2D eigenvalue weighted by Gasteiger charge is 2.36. The van der Waals surface area contributed by atoms with Crippen molar-refractivity contribution >= 4 is 5.91 Å². The van der Waals surface area contributed by atoms with Crippen molar-refractivity contribution in [1.82, 2.24) is 5.32 Å². The van der Waals surface area contributed by atoms with E-state index in [1.807, 2.05) is 18.2 Å². The minimum absolute atomic E-state index is 0.315. The summed E-state index contributed by atoms with van der Waals surface area (Å²) >= 11 is 0. The van der Waals surface area contributed by atoms with Crippen LogP contribution in [0.4, 0.5) is 4.39 Å². The number of halogens is 1. The molecule has 1 fully saturated rings. The Morgan fingerprint density at radius 3 is 2.76 bits per heavy atom. The molecule has 0 aliphatic carbocycles. The standard InChI is InChI=1S/C22H22FN3O3/c23-16-2-4-19-18-3-1-14(9-15(18)13-29-20(19)11-16)10-17(12-24)26-21(27)22(25)5-7-28-8-6-22/h1-4,9,11,17H,5-8,10,13,25H2,(H,26,27)/t17-/m1/s1. The molecule has 1 atom stereocenters. The molecule has 4 rings (SSSR count). The van der Waals surface area contributed by atoms with Crippen LogP contribution in [0.2, 0.25) is 0 Å². The largest absolute Gasteiger partial charge is 0.488 e. The summed E-state index contributed by atoms with van der Waals surface area (Å²) in [5.74, 6) is -0.125. The number of nitriles is 1. The van der Waals surface area contributed by atoms with E-state index in [-0.39, 0.29) is 11.7 Å². The fraction of sp³-hybridized carbons (Fsp3) is 0.364. The van der Waals surface area contributed by atoms with Gasteiger partial charge in [0, 0.05) is 31.3 Å². The second-order valence-corrected chi connectivity index (χ2v) is 7.55. The number of rotatable bonds is 4. The summed E-state index contributed by atoms with van der Waals surface area (Å²) in [5.41, 5.74) is 8.90. The number of hydrogen-bond acceptors (Lipinski definition) is 5. The van der Waals surface area contributed by atoms with Gasteiger partial charge in [0.1, 0.15) is 24.2 Å². The van der Waals surface area contributed by atoms with Crippen LogP contribution >= 0.6 is 0 Å². The number of amides is 1. The molecule has 0 radical (unpaired) electrons. The second kappa shape index (κ2) is 7.82. The second-order valence-electron chi connectivity index (χ2n) is 7.55. The van der Waals surface area contributed by atoms with Gasteiger partial charge in [-0.1, -0.05) is 18.2 Å². The van der Waals surface area contributed by atoms with Crippen LogP contribution in [-0.4, -0.2) is 30.7 Å². The van der Waals surface area contributed by atoms with Crippen LogP contribution in [0.25, 0.3) is 11.1 Å². The molecule has 0 aromatic heterocycles. The molecule has 29 heavy (non-hydrogen) atoms. The Bertz CT molecular complexity index is 980. The number of nitrogens with two attached hydrogens (primary N) is 1. The topological polar surface area (TPSA) is 97.4 Å². The van der Waals surface area contributed by atoms with Crippen LogP contribution in [0.5, 0.6) is 5.75 Å². The maximum Gasteiger partial charge on any atom is 0.241 e. The molecule has 1 saturated heterocycles. The third kappa shape index (κ3) is 3.95. The van der Waals surface area contributed by atoms with E-state index in [2.05, 4.69) is 11.4 Å². The smallest absolute Gasteiger partial charge is 0.241 e. The first-order valence-electron chi connectivity index (χ1n) is 9.60. The van der Waals surface area contributed by atoms with Crippen LogP contribution < -0.4 is 15.8 Å². The van der Waals surface area contributed by atoms with E-state index >= 15 is 0 Å². The molecule has 2 aliphatic rings. The zero-order valence-electron chi connectivity index (χ0n) is 15.9. The van der Waals surface area contributed by atoms with Crippen LogP contribution in [0.15, 0.2) is 36.4 Å². The van der Waals surface area contributed by atoms with Gasteiger partial charge in [-0.15, -0.1) is 0 Å². The highest BCUT2D eigenvalue weighted by atomic mass is 19.1. The van der Waals surface area contributed by atoms with E-state index in [0.717, 1.165) is 22.3 Å². The van der Waals surface area contributed by atoms with Gasteiger partial charge in [-0.05, 0) is 41.7 Å². The lowest BCUT2D eigenvalue weighted by Gasteiger charge is -2.32. The molecule has 7 heteroatoms. The van der Waals surface area contributed by atoms with Crippen molar-refractivity contribution in [2.45, 2.75) is 37.5 Å². The number of nitrogens with zero attached hydrogens (tertiary/aromatic N) is 1. The first-order chi connectivity index (χ1) is 14.0. The third-order valence-corrected chi connectivity index (χ3v) is 5.52. The Morgan fingerprint density at radius 1 is 1.24 bits per heavy atom. The number of carbonyl (C=O) groups is 1. The average molecular weight is 395 g/mol. The molecular weight excluding hydrogens is 373 g/mol. The minimum atomic E-state index is -0.990. The van der Waals surface area contributed by atoms with E-state index in [4.69, 9.17) is 15.2 Å². The monoisotopic (exact) mass is 395 g/mol. The summed E-state index contributed by atoms with van der Waals surface area (Å²) in [7, 11) is 0. The third-order valence-electron chi connectivity index (χ3n) is 5.52. The number of fused-ring (bicyclic) bond motifs is 3. The number of nitrogens with one attached hydrogen (secondary N) is 1. The van der Waals surface area contributed by atoms with E-state index in [0.29, 0.717) is 44.8 Å². The summed E-state index contributed by atoms with van der Waals surface area (Å²) in [4.78, 5) is 12.6. The van der Waals surface area contributed by atoms with Crippen molar-refractivity contribution in [3.63, 3.8) is 0 Å². The average Bonchev–Trinajstić information content (AvgIpc) is 2.73. The summed E-state index contributed by atoms with van der Waals surface area (Å²) in [6.07, 6.45) is 1.23. The molecule has 3 N–H and O–H groups in total. The van der Waals surface area contributed by atoms with Crippen LogP contribution in [-0.2, 0) is 22.6 Å². The van der Waals surface area contributed by atoms with Gasteiger partial charge in [0.05, 0.1) is 11.6 Å². The maximum atomic E-state index is 13.4. The molecule has 2 aliphatic heterocycles. The van der Waals surface area contributed by atoms with Crippen LogP contribution in [0.1, 0.15) is 24.0 Å². The molecule has 2 heterocycles. The first kappa shape index (κ1) is 19.4. The molecule has 2 aromatic rings. The number of ether oxygens (including phenoxy) is 2. The molecule has 6 nitrogen and oxygen atoms in total. The number of carbonyl (C=O) groups excluding carboxylic acids is 1. The highest BCUT2D eigenvalue weighted by molar-refractivity contribution is 5.86. The fourth-order valence-electron chi connectivity index (χ4n) is 3.78. The Kier molecular flexibility index (Phi) is 5.22. The van der Waals surface area contributed by atoms with Crippen molar-refractivity contribution in [2.75, 3.05) is 13.2 Å². The number of hydrogen-bond donors (Lipinski definition) is 2. The van der Waals surface area contributed by atoms with Gasteiger partial charge in [0.15, 0.2) is 0 Å². The van der Waals surface area contributed by atoms with Crippen LogP contribution in [0.3, 0.4) is 0 Å². The van der Waals surface area contributed by atoms with Crippen molar-refractivity contribution < 1.29 is 18.7 Å². The normalized spacial score (nSPS) is 17.8. The van der Waals surface area contributed by atoms with Gasteiger partial charge >= 0.3 is 0 Å². The summed E-state index contributed by atoms with van der Waals surface area (Å²) < 4.78 is 24.4. The van der Waals surface area contributed by atoms with E-state index in [1.165, 1.54) is 12.1 Å². The lowest BCUT2D eigenvalue weighted by molar-refractivity contribution is -0.130. The predicted octanol–water partition coefficient (Wildman–Crippen LogP) is 2.44. The first-order valence-corrected chi connectivity index (χ1v) is 9.60. The van der Waals surface area contributed by atoms with Crippen molar-refractivity contribution in [3.05, 3.63) is 53.3 Å². The lowest BCUT2D eigenvalue weighted by Crippen LogP contribution is -2.58. The van der Waals surface area contributed by atoms with Gasteiger partial charge < -0.3 is 20.5 Å². The Balaban J connectivity index is 1.49. The summed E-state index contributed by atoms with van der Waals surface area (Å²) in [5, 5.41) is 12.3. The molecule has 0 saturated carbocycles. The van der Waals surface area contributed by atoms with Gasteiger partial charge in [-0.3, -0.25) is 4.79 Å². The molecule has 2 aromatic carbocycles. The van der Waals surface area contributed by atoms with Gasteiger partial charge in [0.2, 0.25) is 5.91 Å². The predicted molar refractivity (Wildman–Crippen MR) is 104 cm³/mol. The summed E-state index contributed by atoms with van der Waals surface area (Å²) in [6.45, 7) is 1.21. The Hall–Kier alpha value is -2.95. The highest BCUT2D eigenvalue weighted by Crippen LogP contribution is 2.38. The summed E-state index contributed by atoms with van der Waals surface area (Å²) in [6, 6.07) is 11.8. The zero-order valence-corrected chi connectivity index (χ0v) is 15.9. The molecular formula is C22H22FN3O3. The van der Waals surface area contributed by atoms with Gasteiger partial charge in [-0.25, -0.2) is 4.39 Å². The van der Waals surface area contributed by atoms with Crippen LogP contribution in [0, 0.1) is 17.1 Å². The van der Waals surface area contributed by atoms with Crippen molar-refractivity contribution in [1.29, 1.82) is 5.26 Å². The van der Waals surface area contributed by atoms with Crippen molar-refractivity contribution in [2.24, 2.45) is 5.73 Å². The van der Waals surface area contributed by atoms with E-state index < -0.39 is 11.6 Å². The molecule has 150 valence electrons.